The number of aromatic nitrogens is 1. The van der Waals surface area contributed by atoms with Gasteiger partial charge in [0.1, 0.15) is 11.6 Å². The summed E-state index contributed by atoms with van der Waals surface area (Å²) in [7, 11) is 1.75. The maximum absolute atomic E-state index is 14.1. The van der Waals surface area contributed by atoms with Crippen LogP contribution in [0.2, 0.25) is 0 Å². The van der Waals surface area contributed by atoms with Gasteiger partial charge in [-0.15, -0.1) is 0 Å². The molecule has 1 unspecified atom stereocenters. The number of halogens is 1. The maximum Gasteiger partial charge on any atom is 0.142 e. The number of para-hydroxylation sites is 2. The third kappa shape index (κ3) is 5.08. The van der Waals surface area contributed by atoms with E-state index in [1.54, 1.807) is 19.2 Å². The number of benzene rings is 2. The Morgan fingerprint density at radius 2 is 1.85 bits per heavy atom. The zero-order valence-electron chi connectivity index (χ0n) is 20.2. The van der Waals surface area contributed by atoms with E-state index in [-0.39, 0.29) is 5.82 Å². The summed E-state index contributed by atoms with van der Waals surface area (Å²) in [6.07, 6.45) is 6.86. The number of rotatable bonds is 8. The molecular formula is C28H37FN4O. The number of ether oxygens (including phenoxy) is 1. The standard InChI is InChI=1S/C28H37FN4O/c1-34-28-7-3-2-6-27(28)33-17-15-32(16-18-33)14-4-5-23(21-10-12-30-13-11-21)25-20-31-26-9-8-22(29)19-24(25)26/h2-3,6-9,19-21,23,30-31H,4-5,10-18H2,1H3. The molecule has 3 heterocycles. The van der Waals surface area contributed by atoms with Crippen molar-refractivity contribution in [3.05, 3.63) is 60.0 Å². The van der Waals surface area contributed by atoms with Gasteiger partial charge in [-0.1, -0.05) is 12.1 Å². The number of piperazine rings is 1. The van der Waals surface area contributed by atoms with Crippen molar-refractivity contribution < 1.29 is 9.13 Å². The van der Waals surface area contributed by atoms with E-state index in [0.717, 1.165) is 68.9 Å². The molecule has 2 aromatic carbocycles. The molecule has 0 spiro atoms. The Morgan fingerprint density at radius 3 is 2.65 bits per heavy atom. The Bertz CT molecular complexity index is 1070. The van der Waals surface area contributed by atoms with Crippen molar-refractivity contribution in [2.24, 2.45) is 5.92 Å². The van der Waals surface area contributed by atoms with Crippen molar-refractivity contribution in [1.82, 2.24) is 15.2 Å². The van der Waals surface area contributed by atoms with Gasteiger partial charge in [0.05, 0.1) is 12.8 Å². The van der Waals surface area contributed by atoms with Gasteiger partial charge in [0.15, 0.2) is 0 Å². The van der Waals surface area contributed by atoms with Crippen LogP contribution in [0.1, 0.15) is 37.2 Å². The average Bonchev–Trinajstić information content (AvgIpc) is 3.30. The normalized spacial score (nSPS) is 18.9. The first kappa shape index (κ1) is 23.2. The van der Waals surface area contributed by atoms with Crippen LogP contribution in [-0.4, -0.2) is 62.8 Å². The molecule has 2 aliphatic rings. The Kier molecular flexibility index (Phi) is 7.36. The zero-order valence-corrected chi connectivity index (χ0v) is 20.2. The van der Waals surface area contributed by atoms with Crippen LogP contribution in [-0.2, 0) is 0 Å². The fourth-order valence-electron chi connectivity index (χ4n) is 5.95. The molecule has 3 aromatic rings. The molecule has 6 heteroatoms. The second kappa shape index (κ2) is 10.8. The van der Waals surface area contributed by atoms with E-state index in [4.69, 9.17) is 4.74 Å². The summed E-state index contributed by atoms with van der Waals surface area (Å²) >= 11 is 0. The summed E-state index contributed by atoms with van der Waals surface area (Å²) in [5.74, 6) is 1.94. The van der Waals surface area contributed by atoms with E-state index in [1.807, 2.05) is 18.2 Å². The number of fused-ring (bicyclic) bond motifs is 1. The van der Waals surface area contributed by atoms with Gasteiger partial charge in [-0.05, 0) is 93.0 Å². The molecule has 0 amide bonds. The van der Waals surface area contributed by atoms with E-state index in [1.165, 1.54) is 30.5 Å². The lowest BCUT2D eigenvalue weighted by Gasteiger charge is -2.37. The number of hydrogen-bond acceptors (Lipinski definition) is 4. The fourth-order valence-corrected chi connectivity index (χ4v) is 5.95. The molecule has 5 nitrogen and oxygen atoms in total. The Morgan fingerprint density at radius 1 is 1.06 bits per heavy atom. The lowest BCUT2D eigenvalue weighted by atomic mass is 9.78. The first-order valence-corrected chi connectivity index (χ1v) is 12.8. The van der Waals surface area contributed by atoms with Gasteiger partial charge < -0.3 is 19.9 Å². The molecule has 182 valence electrons. The second-order valence-electron chi connectivity index (χ2n) is 9.77. The van der Waals surface area contributed by atoms with Gasteiger partial charge in [0.25, 0.3) is 0 Å². The number of nitrogens with zero attached hydrogens (tertiary/aromatic N) is 2. The van der Waals surface area contributed by atoms with E-state index < -0.39 is 0 Å². The van der Waals surface area contributed by atoms with E-state index in [0.29, 0.717) is 11.8 Å². The van der Waals surface area contributed by atoms with E-state index in [2.05, 4.69) is 38.4 Å². The lowest BCUT2D eigenvalue weighted by molar-refractivity contribution is 0.238. The highest BCUT2D eigenvalue weighted by molar-refractivity contribution is 5.83. The van der Waals surface area contributed by atoms with Crippen molar-refractivity contribution in [2.45, 2.75) is 31.6 Å². The van der Waals surface area contributed by atoms with Gasteiger partial charge in [0, 0.05) is 43.3 Å². The number of H-pyrrole nitrogens is 1. The predicted octanol–water partition coefficient (Wildman–Crippen LogP) is 5.00. The molecule has 5 rings (SSSR count). The van der Waals surface area contributed by atoms with Crippen LogP contribution < -0.4 is 15.0 Å². The molecule has 0 aliphatic carbocycles. The minimum atomic E-state index is -0.148. The average molecular weight is 465 g/mol. The minimum absolute atomic E-state index is 0.148. The molecule has 0 radical (unpaired) electrons. The van der Waals surface area contributed by atoms with E-state index >= 15 is 0 Å². The van der Waals surface area contributed by atoms with E-state index in [9.17, 15) is 4.39 Å². The molecule has 2 N–H and O–H groups in total. The summed E-state index contributed by atoms with van der Waals surface area (Å²) in [6, 6.07) is 13.4. The molecule has 0 bridgehead atoms. The highest BCUT2D eigenvalue weighted by atomic mass is 19.1. The summed E-state index contributed by atoms with van der Waals surface area (Å²) in [6.45, 7) is 7.51. The molecule has 2 saturated heterocycles. The van der Waals surface area contributed by atoms with Gasteiger partial charge in [-0.25, -0.2) is 4.39 Å². The van der Waals surface area contributed by atoms with Crippen molar-refractivity contribution in [2.75, 3.05) is 57.8 Å². The predicted molar refractivity (Wildman–Crippen MR) is 137 cm³/mol. The molecule has 2 aliphatic heterocycles. The van der Waals surface area contributed by atoms with Crippen LogP contribution >= 0.6 is 0 Å². The molecule has 0 saturated carbocycles. The van der Waals surface area contributed by atoms with Crippen LogP contribution in [0.25, 0.3) is 10.9 Å². The number of anilines is 1. The largest absolute Gasteiger partial charge is 0.495 e. The first-order chi connectivity index (χ1) is 16.7. The number of piperidine rings is 1. The molecule has 34 heavy (non-hydrogen) atoms. The smallest absolute Gasteiger partial charge is 0.142 e. The number of hydrogen-bond donors (Lipinski definition) is 2. The van der Waals surface area contributed by atoms with Crippen LogP contribution in [0.4, 0.5) is 10.1 Å². The lowest BCUT2D eigenvalue weighted by Crippen LogP contribution is -2.46. The molecular weight excluding hydrogens is 427 g/mol. The van der Waals surface area contributed by atoms with Crippen LogP contribution in [0.3, 0.4) is 0 Å². The number of methoxy groups -OCH3 is 1. The van der Waals surface area contributed by atoms with Gasteiger partial charge in [0.2, 0.25) is 0 Å². The SMILES string of the molecule is COc1ccccc1N1CCN(CCCC(c2c[nH]c3ccc(F)cc23)C2CCNCC2)CC1. The van der Waals surface area contributed by atoms with Gasteiger partial charge in [-0.3, -0.25) is 4.90 Å². The van der Waals surface area contributed by atoms with Crippen LogP contribution in [0.5, 0.6) is 5.75 Å². The van der Waals surface area contributed by atoms with Crippen LogP contribution in [0.15, 0.2) is 48.7 Å². The number of nitrogens with one attached hydrogen (secondary N) is 2. The third-order valence-corrected chi connectivity index (χ3v) is 7.82. The van der Waals surface area contributed by atoms with Crippen LogP contribution in [0, 0.1) is 11.7 Å². The van der Waals surface area contributed by atoms with Gasteiger partial charge >= 0.3 is 0 Å². The zero-order chi connectivity index (χ0) is 23.3. The quantitative estimate of drug-likeness (QED) is 0.492. The Labute approximate surface area is 202 Å². The minimum Gasteiger partial charge on any atom is -0.495 e. The first-order valence-electron chi connectivity index (χ1n) is 12.8. The second-order valence-corrected chi connectivity index (χ2v) is 9.77. The Hall–Kier alpha value is -2.57. The summed E-state index contributed by atoms with van der Waals surface area (Å²) in [5, 5.41) is 4.57. The Balaban J connectivity index is 1.21. The topological polar surface area (TPSA) is 43.5 Å². The number of aromatic amines is 1. The molecule has 1 aromatic heterocycles. The van der Waals surface area contributed by atoms with Crippen molar-refractivity contribution in [3.63, 3.8) is 0 Å². The fraction of sp³-hybridized carbons (Fsp3) is 0.500. The summed E-state index contributed by atoms with van der Waals surface area (Å²) < 4.78 is 19.6. The molecule has 1 atom stereocenters. The maximum atomic E-state index is 14.1. The van der Waals surface area contributed by atoms with Crippen molar-refractivity contribution in [1.29, 1.82) is 0 Å². The van der Waals surface area contributed by atoms with Crippen molar-refractivity contribution >= 4 is 16.6 Å². The molecule has 2 fully saturated rings. The highest BCUT2D eigenvalue weighted by Crippen LogP contribution is 2.38. The van der Waals surface area contributed by atoms with Gasteiger partial charge in [-0.2, -0.15) is 0 Å². The summed E-state index contributed by atoms with van der Waals surface area (Å²) in [4.78, 5) is 8.43. The third-order valence-electron chi connectivity index (χ3n) is 7.82. The highest BCUT2D eigenvalue weighted by Gasteiger charge is 2.27. The van der Waals surface area contributed by atoms with Crippen molar-refractivity contribution in [3.8, 4) is 5.75 Å². The monoisotopic (exact) mass is 464 g/mol. The summed E-state index contributed by atoms with van der Waals surface area (Å²) in [5.41, 5.74) is 3.55.